The van der Waals surface area contributed by atoms with Crippen LogP contribution in [0, 0.1) is 0 Å². The molecule has 3 heterocycles. The zero-order valence-corrected chi connectivity index (χ0v) is 12.2. The molecule has 2 aromatic rings. The number of hydrogen-bond donors (Lipinski definition) is 6. The average Bonchev–Trinajstić information content (AvgIpc) is 3.02. The number of aliphatic hydroxyl groups is 3. The maximum atomic E-state index is 11.4. The van der Waals surface area contributed by atoms with Crippen LogP contribution in [0.4, 0.5) is 0 Å². The van der Waals surface area contributed by atoms with E-state index in [9.17, 15) is 15.0 Å². The number of fused-ring (bicyclic) bond motifs is 1. The molecule has 13 nitrogen and oxygen atoms in total. The molecule has 4 atom stereocenters. The molecule has 0 saturated carbocycles. The summed E-state index contributed by atoms with van der Waals surface area (Å²) in [6, 6.07) is 0. The fraction of sp³-hybridized carbons (Fsp3) is 0.556. The molecule has 23 heavy (non-hydrogen) atoms. The molecule has 14 heteroatoms. The number of imidazole rings is 1. The summed E-state index contributed by atoms with van der Waals surface area (Å²) in [6.07, 6.45) is -3.15. The van der Waals surface area contributed by atoms with Gasteiger partial charge in [0.1, 0.15) is 18.3 Å². The predicted octanol–water partition coefficient (Wildman–Crippen LogP) is -3.25. The van der Waals surface area contributed by atoms with E-state index in [1.807, 2.05) is 0 Å². The van der Waals surface area contributed by atoms with Gasteiger partial charge in [0.05, 0.1) is 12.9 Å². The lowest BCUT2D eigenvalue weighted by Crippen LogP contribution is -2.33. The average molecular weight is 350 g/mol. The van der Waals surface area contributed by atoms with Crippen molar-refractivity contribution in [2.75, 3.05) is 6.61 Å². The minimum absolute atomic E-state index is 0.0488. The second-order valence-electron chi connectivity index (χ2n) is 4.45. The maximum absolute atomic E-state index is 11.4. The van der Waals surface area contributed by atoms with Crippen LogP contribution in [0.1, 0.15) is 6.23 Å². The van der Waals surface area contributed by atoms with Gasteiger partial charge in [-0.15, -0.1) is 14.9 Å². The van der Waals surface area contributed by atoms with Crippen LogP contribution in [-0.4, -0.2) is 75.0 Å². The van der Waals surface area contributed by atoms with Gasteiger partial charge in [-0.05, 0) is 0 Å². The Kier molecular flexibility index (Phi) is 5.43. The number of rotatable bonds is 2. The van der Waals surface area contributed by atoms with Crippen molar-refractivity contribution in [1.82, 2.24) is 25.0 Å². The second kappa shape index (κ2) is 7.14. The number of hydrogen-bond acceptors (Lipinski definition) is 9. The van der Waals surface area contributed by atoms with Crippen molar-refractivity contribution >= 4 is 19.4 Å². The van der Waals surface area contributed by atoms with E-state index in [2.05, 4.69) is 20.4 Å². The molecule has 1 aliphatic heterocycles. The number of aromatic amines is 1. The van der Waals surface area contributed by atoms with Crippen LogP contribution in [-0.2, 0) is 9.30 Å². The van der Waals surface area contributed by atoms with Crippen LogP contribution in [0.5, 0.6) is 0 Å². The Morgan fingerprint density at radius 2 is 2.00 bits per heavy atom. The fourth-order valence-corrected chi connectivity index (χ4v) is 2.08. The van der Waals surface area contributed by atoms with Crippen LogP contribution in [0.2, 0.25) is 0 Å². The Morgan fingerprint density at radius 3 is 2.57 bits per heavy atom. The standard InChI is InChI=1S/C9H11N5O5.HO3P/c15-1-3-5(16)6(17)9(19-3)14-2-10-4-7(14)11-13-12-8(4)18;1-4(2)3/h2-3,5-6,9,15-17H,1H2,(H,11,12,18);(H-,1,2,3)/p+1/t3-,5-,6-,9-;/m1./s1. The van der Waals surface area contributed by atoms with Crippen molar-refractivity contribution in [2.45, 2.75) is 24.5 Å². The Bertz CT molecular complexity index is 745. The summed E-state index contributed by atoms with van der Waals surface area (Å²) in [5, 5.41) is 37.8. The lowest BCUT2D eigenvalue weighted by Gasteiger charge is -2.15. The number of aliphatic hydroxyl groups excluding tert-OH is 3. The fourth-order valence-electron chi connectivity index (χ4n) is 2.08. The zero-order chi connectivity index (χ0) is 17.1. The van der Waals surface area contributed by atoms with Crippen LogP contribution in [0.15, 0.2) is 11.1 Å². The molecule has 0 spiro atoms. The van der Waals surface area contributed by atoms with Crippen LogP contribution >= 0.6 is 8.25 Å². The summed E-state index contributed by atoms with van der Waals surface area (Å²) in [6.45, 7) is -0.437. The van der Waals surface area contributed by atoms with E-state index in [4.69, 9.17) is 24.2 Å². The first-order valence-corrected chi connectivity index (χ1v) is 7.28. The number of nitrogens with one attached hydrogen (secondary N) is 1. The van der Waals surface area contributed by atoms with Gasteiger partial charge in [-0.25, -0.2) is 10.1 Å². The summed E-state index contributed by atoms with van der Waals surface area (Å²) >= 11 is 0. The molecule has 1 fully saturated rings. The molecule has 1 aliphatic rings. The van der Waals surface area contributed by atoms with E-state index in [0.29, 0.717) is 0 Å². The van der Waals surface area contributed by atoms with Gasteiger partial charge >= 0.3 is 8.25 Å². The third-order valence-corrected chi connectivity index (χ3v) is 3.07. The molecule has 0 aliphatic carbocycles. The normalized spacial score (nSPS) is 26.8. The van der Waals surface area contributed by atoms with Gasteiger partial charge in [0, 0.05) is 4.57 Å². The molecule has 1 saturated heterocycles. The highest BCUT2D eigenvalue weighted by atomic mass is 31.1. The SMILES string of the molecule is O=[P+](O)O.O=c1[nH]nnc2c1ncn2[C@@H]1O[C@H](CO)[C@@H](O)[C@H]1O. The molecule has 0 amide bonds. The predicted molar refractivity (Wildman–Crippen MR) is 71.0 cm³/mol. The first kappa shape index (κ1) is 17.5. The van der Waals surface area contributed by atoms with Gasteiger partial charge in [-0.2, -0.15) is 0 Å². The maximum Gasteiger partial charge on any atom is 0.692 e. The number of aromatic nitrogens is 5. The second-order valence-corrected chi connectivity index (χ2v) is 4.95. The quantitative estimate of drug-likeness (QED) is 0.297. The first-order chi connectivity index (χ1) is 10.9. The number of nitrogens with zero attached hydrogens (tertiary/aromatic N) is 4. The summed E-state index contributed by atoms with van der Waals surface area (Å²) in [4.78, 5) is 29.5. The highest BCUT2D eigenvalue weighted by molar-refractivity contribution is 7.30. The van der Waals surface area contributed by atoms with Gasteiger partial charge in [0.2, 0.25) is 0 Å². The van der Waals surface area contributed by atoms with Crippen molar-refractivity contribution in [1.29, 1.82) is 0 Å². The van der Waals surface area contributed by atoms with Crippen molar-refractivity contribution in [3.63, 3.8) is 0 Å². The third-order valence-electron chi connectivity index (χ3n) is 3.07. The van der Waals surface area contributed by atoms with E-state index in [1.54, 1.807) is 0 Å². The van der Waals surface area contributed by atoms with Gasteiger partial charge < -0.3 is 20.1 Å². The molecule has 0 aromatic carbocycles. The van der Waals surface area contributed by atoms with Crippen LogP contribution in [0.25, 0.3) is 11.2 Å². The largest absolute Gasteiger partial charge is 0.692 e. The molecule has 3 rings (SSSR count). The monoisotopic (exact) mass is 350 g/mol. The molecule has 0 bridgehead atoms. The van der Waals surface area contributed by atoms with Crippen molar-refractivity contribution in [2.24, 2.45) is 0 Å². The van der Waals surface area contributed by atoms with E-state index in [-0.39, 0.29) is 11.2 Å². The van der Waals surface area contributed by atoms with Crippen LogP contribution in [0.3, 0.4) is 0 Å². The minimum atomic E-state index is -2.87. The van der Waals surface area contributed by atoms with E-state index < -0.39 is 45.0 Å². The van der Waals surface area contributed by atoms with Crippen molar-refractivity contribution < 1.29 is 34.4 Å². The number of ether oxygens (including phenoxy) is 1. The molecular formula is C9H13N5O8P+. The van der Waals surface area contributed by atoms with E-state index in [0.717, 1.165) is 0 Å². The lowest BCUT2D eigenvalue weighted by atomic mass is 10.1. The molecule has 6 N–H and O–H groups in total. The minimum Gasteiger partial charge on any atom is -0.394 e. The van der Waals surface area contributed by atoms with Gasteiger partial charge in [0.15, 0.2) is 17.4 Å². The molecule has 126 valence electrons. The Labute approximate surface area is 127 Å². The highest BCUT2D eigenvalue weighted by Crippen LogP contribution is 2.30. The Morgan fingerprint density at radius 1 is 1.35 bits per heavy atom. The van der Waals surface area contributed by atoms with E-state index in [1.165, 1.54) is 10.9 Å². The molecule has 0 radical (unpaired) electrons. The van der Waals surface area contributed by atoms with Gasteiger partial charge in [-0.1, -0.05) is 5.21 Å². The molecule has 0 unspecified atom stereocenters. The zero-order valence-electron chi connectivity index (χ0n) is 11.3. The molecular weight excluding hydrogens is 337 g/mol. The third kappa shape index (κ3) is 3.56. The Hall–Kier alpha value is -1.86. The van der Waals surface area contributed by atoms with Crippen LogP contribution < -0.4 is 5.56 Å². The lowest BCUT2D eigenvalue weighted by molar-refractivity contribution is -0.0511. The summed E-state index contributed by atoms with van der Waals surface area (Å²) in [5.41, 5.74) is -0.346. The Balaban J connectivity index is 0.000000433. The topological polar surface area (TPSA) is 204 Å². The first-order valence-electron chi connectivity index (χ1n) is 6.12. The van der Waals surface area contributed by atoms with Gasteiger partial charge in [-0.3, -0.25) is 9.36 Å². The molecule has 2 aromatic heterocycles. The van der Waals surface area contributed by atoms with E-state index >= 15 is 0 Å². The smallest absolute Gasteiger partial charge is 0.394 e. The summed E-state index contributed by atoms with van der Waals surface area (Å²) < 4.78 is 15.3. The summed E-state index contributed by atoms with van der Waals surface area (Å²) in [5.74, 6) is 0. The van der Waals surface area contributed by atoms with Gasteiger partial charge in [0.25, 0.3) is 5.56 Å². The number of H-pyrrole nitrogens is 1. The van der Waals surface area contributed by atoms with Crippen molar-refractivity contribution in [3.05, 3.63) is 16.7 Å². The highest BCUT2D eigenvalue weighted by Gasteiger charge is 2.44. The summed E-state index contributed by atoms with van der Waals surface area (Å²) in [7, 11) is -2.87. The van der Waals surface area contributed by atoms with Crippen molar-refractivity contribution in [3.8, 4) is 0 Å².